The molecule has 0 fully saturated rings. The molecule has 0 aliphatic carbocycles. The molecular weight excluding hydrogens is 210 g/mol. The van der Waals surface area contributed by atoms with Crippen molar-refractivity contribution in [1.82, 2.24) is 0 Å². The molecule has 43 valence electrons. The summed E-state index contributed by atoms with van der Waals surface area (Å²) in [5.41, 5.74) is 0. The van der Waals surface area contributed by atoms with Gasteiger partial charge in [0.25, 0.3) is 0 Å². The quantitative estimate of drug-likeness (QED) is 0.371. The van der Waals surface area contributed by atoms with E-state index < -0.39 is 0 Å². The zero-order valence-corrected chi connectivity index (χ0v) is 8.82. The number of hydrogen-bond donors (Lipinski definition) is 0. The van der Waals surface area contributed by atoms with Crippen molar-refractivity contribution in [3.8, 4) is 0 Å². The van der Waals surface area contributed by atoms with Crippen LogP contribution in [0.5, 0.6) is 0 Å². The molecule has 0 aromatic rings. The molecule has 8 N–H and O–H groups in total. The molecule has 0 aliphatic heterocycles. The first-order chi connectivity index (χ1) is 0. The van der Waals surface area contributed by atoms with Gasteiger partial charge in [-0.25, -0.2) is 0 Å². The van der Waals surface area contributed by atoms with Crippen molar-refractivity contribution >= 4 is 53.9 Å². The molecule has 0 aromatic carbocycles. The summed E-state index contributed by atoms with van der Waals surface area (Å²) in [5.74, 6) is 0. The van der Waals surface area contributed by atoms with Crippen LogP contribution < -0.4 is 0 Å². The summed E-state index contributed by atoms with van der Waals surface area (Å²) >= 11 is 0. The van der Waals surface area contributed by atoms with Crippen LogP contribution in [-0.2, 0) is 21.7 Å². The van der Waals surface area contributed by atoms with Gasteiger partial charge in [0.2, 0.25) is 0 Å². The third-order valence-corrected chi connectivity index (χ3v) is 0. The van der Waals surface area contributed by atoms with E-state index in [1.807, 2.05) is 0 Å². The minimum Gasteiger partial charge on any atom is -1.00 e. The van der Waals surface area contributed by atoms with Crippen molar-refractivity contribution in [2.75, 3.05) is 0 Å². The van der Waals surface area contributed by atoms with Crippen LogP contribution in [0, 0.1) is 0 Å². The molecule has 0 bridgehead atoms. The second kappa shape index (κ2) is 92.6. The van der Waals surface area contributed by atoms with Crippen molar-refractivity contribution in [1.29, 1.82) is 0 Å². The molecule has 0 rings (SSSR count). The van der Waals surface area contributed by atoms with E-state index in [2.05, 4.69) is 0 Å². The zero-order chi connectivity index (χ0) is 0. The molecule has 0 spiro atoms. The fourth-order valence-corrected chi connectivity index (χ4v) is 0. The van der Waals surface area contributed by atoms with Crippen molar-refractivity contribution in [2.45, 2.75) is 0 Å². The van der Waals surface area contributed by atoms with Crippen LogP contribution in [0.2, 0.25) is 0 Å². The molecule has 4 nitrogen and oxygen atoms in total. The Hall–Kier alpha value is 2.10. The van der Waals surface area contributed by atoms with Crippen LogP contribution in [0.25, 0.3) is 0 Å². The van der Waals surface area contributed by atoms with E-state index in [4.69, 9.17) is 0 Å². The SMILES string of the molecule is O.O.O.O.[B].[H-].[H-].[Sr+2].[Ti]. The molecule has 0 heterocycles. The minimum absolute atomic E-state index is 0. The van der Waals surface area contributed by atoms with Crippen LogP contribution in [0.15, 0.2) is 0 Å². The molecule has 0 unspecified atom stereocenters. The predicted octanol–water partition coefficient (Wildman–Crippen LogP) is -3.84. The molecular formula is H10BO4SrTi. The van der Waals surface area contributed by atoms with Gasteiger partial charge < -0.3 is 24.8 Å². The van der Waals surface area contributed by atoms with Crippen LogP contribution in [-0.4, -0.2) is 75.8 Å². The largest absolute Gasteiger partial charge is 2.00 e. The van der Waals surface area contributed by atoms with Crippen molar-refractivity contribution < 1.29 is 46.5 Å². The van der Waals surface area contributed by atoms with Gasteiger partial charge in [-0.15, -0.1) is 0 Å². The molecule has 0 aliphatic rings. The van der Waals surface area contributed by atoms with Gasteiger partial charge in [0.05, 0.1) is 0 Å². The van der Waals surface area contributed by atoms with Crippen LogP contribution in [0.3, 0.4) is 0 Å². The maximum Gasteiger partial charge on any atom is 2.00 e. The predicted molar refractivity (Wildman–Crippen MR) is 28.2 cm³/mol. The third kappa shape index (κ3) is 68.4. The summed E-state index contributed by atoms with van der Waals surface area (Å²) in [6.07, 6.45) is 0. The maximum absolute atomic E-state index is 0. The Labute approximate surface area is 99.0 Å². The minimum atomic E-state index is 0. The van der Waals surface area contributed by atoms with Gasteiger partial charge in [-0.2, -0.15) is 0 Å². The average Bonchev–Trinajstić information content (AvgIpc) is 0. The standard InChI is InChI=1S/B.4H2O.Sr.Ti.2H/h;4*1H2;;;;/q;;;;;+2;;2*-1. The molecule has 0 amide bonds. The summed E-state index contributed by atoms with van der Waals surface area (Å²) in [6.45, 7) is 0. The topological polar surface area (TPSA) is 126 Å². The van der Waals surface area contributed by atoms with Crippen molar-refractivity contribution in [2.24, 2.45) is 0 Å². The maximum atomic E-state index is 0. The Balaban J connectivity index is 0. The average molecular weight is 220 g/mol. The summed E-state index contributed by atoms with van der Waals surface area (Å²) in [6, 6.07) is 0. The van der Waals surface area contributed by atoms with Gasteiger partial charge in [-0.3, -0.25) is 0 Å². The van der Waals surface area contributed by atoms with E-state index in [9.17, 15) is 0 Å². The van der Waals surface area contributed by atoms with Gasteiger partial charge in [-0.05, 0) is 0 Å². The third-order valence-electron chi connectivity index (χ3n) is 0. The Morgan fingerprint density at radius 3 is 0.714 bits per heavy atom. The van der Waals surface area contributed by atoms with Gasteiger partial charge in [0.1, 0.15) is 0 Å². The van der Waals surface area contributed by atoms with E-state index in [1.54, 1.807) is 0 Å². The zero-order valence-electron chi connectivity index (χ0n) is 5.78. The summed E-state index contributed by atoms with van der Waals surface area (Å²) < 4.78 is 0. The number of hydrogen-bond acceptors (Lipinski definition) is 0. The van der Waals surface area contributed by atoms with Gasteiger partial charge in [0, 0.05) is 30.1 Å². The number of rotatable bonds is 0. The molecule has 7 heteroatoms. The summed E-state index contributed by atoms with van der Waals surface area (Å²) in [4.78, 5) is 0. The first-order valence-electron chi connectivity index (χ1n) is 0. The fourth-order valence-electron chi connectivity index (χ4n) is 0. The van der Waals surface area contributed by atoms with Crippen LogP contribution in [0.4, 0.5) is 0 Å². The molecule has 0 aromatic heterocycles. The monoisotopic (exact) mass is 221 g/mol. The van der Waals surface area contributed by atoms with Crippen LogP contribution in [0.1, 0.15) is 2.85 Å². The molecule has 0 atom stereocenters. The van der Waals surface area contributed by atoms with E-state index in [0.29, 0.717) is 0 Å². The molecule has 3 radical (unpaired) electrons. The summed E-state index contributed by atoms with van der Waals surface area (Å²) in [5, 5.41) is 0. The van der Waals surface area contributed by atoms with E-state index in [-0.39, 0.29) is 100 Å². The fraction of sp³-hybridized carbons (Fsp3) is 0. The second-order valence-electron chi connectivity index (χ2n) is 0. The van der Waals surface area contributed by atoms with E-state index in [1.165, 1.54) is 0 Å². The van der Waals surface area contributed by atoms with Gasteiger partial charge in [0.15, 0.2) is 0 Å². The summed E-state index contributed by atoms with van der Waals surface area (Å²) in [7, 11) is 0. The van der Waals surface area contributed by atoms with Crippen molar-refractivity contribution in [3.63, 3.8) is 0 Å². The Bertz CT molecular complexity index is 18.5. The molecule has 0 saturated carbocycles. The van der Waals surface area contributed by atoms with Gasteiger partial charge >= 0.3 is 45.5 Å². The first kappa shape index (κ1) is 135. The Kier molecular flexibility index (Phi) is 1790. The second-order valence-corrected chi connectivity index (χ2v) is 0. The van der Waals surface area contributed by atoms with Crippen molar-refractivity contribution in [3.05, 3.63) is 0 Å². The van der Waals surface area contributed by atoms with E-state index in [0.717, 1.165) is 0 Å². The van der Waals surface area contributed by atoms with E-state index >= 15 is 0 Å². The van der Waals surface area contributed by atoms with Gasteiger partial charge in [-0.1, -0.05) is 0 Å². The smallest absolute Gasteiger partial charge is 1.00 e. The first-order valence-corrected chi connectivity index (χ1v) is 0. The molecule has 7 heavy (non-hydrogen) atoms. The molecule has 0 saturated heterocycles. The normalized spacial score (nSPS) is 0. The Morgan fingerprint density at radius 2 is 0.714 bits per heavy atom. The Morgan fingerprint density at radius 1 is 0.714 bits per heavy atom. The van der Waals surface area contributed by atoms with Crippen LogP contribution >= 0.6 is 0 Å².